The van der Waals surface area contributed by atoms with Gasteiger partial charge in [0.1, 0.15) is 0 Å². The van der Waals surface area contributed by atoms with Gasteiger partial charge in [0.15, 0.2) is 0 Å². The van der Waals surface area contributed by atoms with Crippen LogP contribution in [-0.2, 0) is 20.0 Å². The fourth-order valence-corrected chi connectivity index (χ4v) is 1.73. The molecule has 0 aliphatic carbocycles. The summed E-state index contributed by atoms with van der Waals surface area (Å²) < 4.78 is 4.01. The van der Waals surface area contributed by atoms with E-state index in [-0.39, 0.29) is 0 Å². The number of aromatic nitrogens is 4. The minimum absolute atomic E-state index is 0.651. The zero-order valence-electron chi connectivity index (χ0n) is 9.72. The molecule has 2 rings (SSSR count). The standard InChI is InChI=1S/C11H17N5/c1-9-10(5-14-15(9)2)7-16-8-13-6-11(16)3-4-12/h5-6,8H,3-4,7,12H2,1-2H3. The molecule has 5 nitrogen and oxygen atoms in total. The minimum atomic E-state index is 0.651. The summed E-state index contributed by atoms with van der Waals surface area (Å²) in [7, 11) is 1.95. The number of rotatable bonds is 4. The first-order valence-electron chi connectivity index (χ1n) is 5.39. The van der Waals surface area contributed by atoms with Gasteiger partial charge in [0, 0.05) is 36.6 Å². The Balaban J connectivity index is 2.20. The second-order valence-corrected chi connectivity index (χ2v) is 3.93. The van der Waals surface area contributed by atoms with Crippen LogP contribution in [0.3, 0.4) is 0 Å². The van der Waals surface area contributed by atoms with Gasteiger partial charge in [0.05, 0.1) is 19.1 Å². The molecule has 0 aliphatic heterocycles. The van der Waals surface area contributed by atoms with Crippen LogP contribution >= 0.6 is 0 Å². The minimum Gasteiger partial charge on any atom is -0.330 e. The van der Waals surface area contributed by atoms with E-state index in [1.807, 2.05) is 30.5 Å². The summed E-state index contributed by atoms with van der Waals surface area (Å²) in [5, 5.41) is 4.23. The molecule has 2 aromatic heterocycles. The van der Waals surface area contributed by atoms with Gasteiger partial charge in [-0.05, 0) is 13.5 Å². The summed E-state index contributed by atoms with van der Waals surface area (Å²) >= 11 is 0. The molecule has 0 bridgehead atoms. The van der Waals surface area contributed by atoms with Crippen molar-refractivity contribution in [1.82, 2.24) is 19.3 Å². The van der Waals surface area contributed by atoms with Crippen LogP contribution in [0.1, 0.15) is 17.0 Å². The molecule has 0 saturated carbocycles. The topological polar surface area (TPSA) is 61.7 Å². The maximum Gasteiger partial charge on any atom is 0.0951 e. The Morgan fingerprint density at radius 1 is 1.38 bits per heavy atom. The van der Waals surface area contributed by atoms with E-state index in [2.05, 4.69) is 21.6 Å². The van der Waals surface area contributed by atoms with Gasteiger partial charge >= 0.3 is 0 Å². The lowest BCUT2D eigenvalue weighted by Crippen LogP contribution is -2.09. The van der Waals surface area contributed by atoms with E-state index in [4.69, 9.17) is 5.73 Å². The average Bonchev–Trinajstić information content (AvgIpc) is 2.82. The number of hydrogen-bond donors (Lipinski definition) is 1. The van der Waals surface area contributed by atoms with Crippen molar-refractivity contribution in [2.45, 2.75) is 19.9 Å². The van der Waals surface area contributed by atoms with Crippen LogP contribution < -0.4 is 5.73 Å². The summed E-state index contributed by atoms with van der Waals surface area (Å²) in [5.41, 5.74) is 9.14. The molecule has 86 valence electrons. The van der Waals surface area contributed by atoms with Gasteiger partial charge < -0.3 is 10.3 Å². The Labute approximate surface area is 94.9 Å². The summed E-state index contributed by atoms with van der Waals surface area (Å²) in [6.45, 7) is 3.54. The molecule has 0 unspecified atom stereocenters. The molecule has 0 aliphatic rings. The Morgan fingerprint density at radius 2 is 2.19 bits per heavy atom. The van der Waals surface area contributed by atoms with Crippen LogP contribution in [0.2, 0.25) is 0 Å². The molecule has 2 aromatic rings. The van der Waals surface area contributed by atoms with Crippen molar-refractivity contribution in [3.63, 3.8) is 0 Å². The number of hydrogen-bond acceptors (Lipinski definition) is 3. The maximum atomic E-state index is 5.56. The van der Waals surface area contributed by atoms with Gasteiger partial charge in [-0.1, -0.05) is 0 Å². The van der Waals surface area contributed by atoms with E-state index in [1.165, 1.54) is 17.0 Å². The summed E-state index contributed by atoms with van der Waals surface area (Å²) in [6.07, 6.45) is 6.48. The van der Waals surface area contributed by atoms with Gasteiger partial charge in [-0.2, -0.15) is 5.10 Å². The summed E-state index contributed by atoms with van der Waals surface area (Å²) in [5.74, 6) is 0. The first kappa shape index (κ1) is 10.9. The molecule has 5 heteroatoms. The van der Waals surface area contributed by atoms with Crippen molar-refractivity contribution < 1.29 is 0 Å². The van der Waals surface area contributed by atoms with E-state index >= 15 is 0 Å². The van der Waals surface area contributed by atoms with Crippen LogP contribution in [0, 0.1) is 6.92 Å². The molecule has 2 heterocycles. The Hall–Kier alpha value is -1.62. The van der Waals surface area contributed by atoms with Crippen LogP contribution in [0.4, 0.5) is 0 Å². The van der Waals surface area contributed by atoms with Crippen molar-refractivity contribution in [2.24, 2.45) is 12.8 Å². The zero-order chi connectivity index (χ0) is 11.5. The number of nitrogens with zero attached hydrogens (tertiary/aromatic N) is 4. The largest absolute Gasteiger partial charge is 0.330 e. The molecular weight excluding hydrogens is 202 g/mol. The van der Waals surface area contributed by atoms with Gasteiger partial charge in [-0.25, -0.2) is 4.98 Å². The highest BCUT2D eigenvalue weighted by Crippen LogP contribution is 2.10. The third-order valence-electron chi connectivity index (χ3n) is 2.88. The molecule has 16 heavy (non-hydrogen) atoms. The van der Waals surface area contributed by atoms with Crippen molar-refractivity contribution in [1.29, 1.82) is 0 Å². The van der Waals surface area contributed by atoms with Gasteiger partial charge in [0.25, 0.3) is 0 Å². The molecule has 0 fully saturated rings. The molecule has 0 saturated heterocycles. The highest BCUT2D eigenvalue weighted by atomic mass is 15.3. The Morgan fingerprint density at radius 3 is 2.81 bits per heavy atom. The molecule has 0 spiro atoms. The molecular formula is C11H17N5. The van der Waals surface area contributed by atoms with Crippen LogP contribution in [-0.4, -0.2) is 25.9 Å². The Kier molecular flexibility index (Phi) is 3.05. The lowest BCUT2D eigenvalue weighted by molar-refractivity contribution is 0.715. The van der Waals surface area contributed by atoms with Crippen LogP contribution in [0.25, 0.3) is 0 Å². The number of imidazole rings is 1. The monoisotopic (exact) mass is 219 g/mol. The SMILES string of the molecule is Cc1c(Cn2cncc2CCN)cnn1C. The van der Waals surface area contributed by atoms with Gasteiger partial charge in [-0.3, -0.25) is 4.68 Å². The van der Waals surface area contributed by atoms with E-state index in [0.717, 1.165) is 13.0 Å². The highest BCUT2D eigenvalue weighted by molar-refractivity contribution is 5.17. The molecule has 0 radical (unpaired) electrons. The maximum absolute atomic E-state index is 5.56. The van der Waals surface area contributed by atoms with E-state index in [1.54, 1.807) is 0 Å². The molecule has 0 atom stereocenters. The average molecular weight is 219 g/mol. The number of aryl methyl sites for hydroxylation is 1. The third-order valence-corrected chi connectivity index (χ3v) is 2.88. The van der Waals surface area contributed by atoms with Gasteiger partial charge in [0.2, 0.25) is 0 Å². The zero-order valence-corrected chi connectivity index (χ0v) is 9.72. The third kappa shape index (κ3) is 1.99. The van der Waals surface area contributed by atoms with Crippen molar-refractivity contribution in [3.05, 3.63) is 35.7 Å². The predicted molar refractivity (Wildman–Crippen MR) is 62.0 cm³/mol. The smallest absolute Gasteiger partial charge is 0.0951 e. The molecule has 2 N–H and O–H groups in total. The van der Waals surface area contributed by atoms with Crippen molar-refractivity contribution >= 4 is 0 Å². The first-order valence-corrected chi connectivity index (χ1v) is 5.39. The van der Waals surface area contributed by atoms with Gasteiger partial charge in [-0.15, -0.1) is 0 Å². The highest BCUT2D eigenvalue weighted by Gasteiger charge is 2.07. The quantitative estimate of drug-likeness (QED) is 0.813. The second kappa shape index (κ2) is 4.49. The van der Waals surface area contributed by atoms with Crippen molar-refractivity contribution in [2.75, 3.05) is 6.54 Å². The predicted octanol–water partition coefficient (Wildman–Crippen LogP) is 0.475. The van der Waals surface area contributed by atoms with E-state index < -0.39 is 0 Å². The lowest BCUT2D eigenvalue weighted by atomic mass is 10.2. The summed E-state index contributed by atoms with van der Waals surface area (Å²) in [4.78, 5) is 4.15. The molecule has 0 amide bonds. The molecule has 0 aromatic carbocycles. The normalized spacial score (nSPS) is 10.9. The van der Waals surface area contributed by atoms with Crippen LogP contribution in [0.15, 0.2) is 18.7 Å². The summed E-state index contributed by atoms with van der Waals surface area (Å²) in [6, 6.07) is 0. The fraction of sp³-hybridized carbons (Fsp3) is 0.455. The van der Waals surface area contributed by atoms with Crippen LogP contribution in [0.5, 0.6) is 0 Å². The lowest BCUT2D eigenvalue weighted by Gasteiger charge is -2.06. The second-order valence-electron chi connectivity index (χ2n) is 3.93. The van der Waals surface area contributed by atoms with E-state index in [9.17, 15) is 0 Å². The van der Waals surface area contributed by atoms with Crippen molar-refractivity contribution in [3.8, 4) is 0 Å². The first-order chi connectivity index (χ1) is 7.72. The fourth-order valence-electron chi connectivity index (χ4n) is 1.73. The van der Waals surface area contributed by atoms with E-state index in [0.29, 0.717) is 6.54 Å². The number of nitrogens with two attached hydrogens (primary N) is 1. The Bertz CT molecular complexity index is 468.